The predicted octanol–water partition coefficient (Wildman–Crippen LogP) is 2.53. The van der Waals surface area contributed by atoms with Crippen LogP contribution in [0.5, 0.6) is 5.75 Å². The average molecular weight is 336 g/mol. The summed E-state index contributed by atoms with van der Waals surface area (Å²) < 4.78 is 1.71. The summed E-state index contributed by atoms with van der Waals surface area (Å²) in [5, 5.41) is 25.2. The molecular formula is C18H20N6O. The van der Waals surface area contributed by atoms with E-state index in [0.717, 1.165) is 37.3 Å². The molecule has 2 aromatic heterocycles. The first-order chi connectivity index (χ1) is 12.3. The number of hydrogen-bond donors (Lipinski definition) is 2. The molecule has 0 aliphatic carbocycles. The summed E-state index contributed by atoms with van der Waals surface area (Å²) in [6, 6.07) is 9.24. The van der Waals surface area contributed by atoms with Crippen molar-refractivity contribution >= 4 is 5.69 Å². The van der Waals surface area contributed by atoms with Crippen LogP contribution in [0.3, 0.4) is 0 Å². The first-order valence-corrected chi connectivity index (χ1v) is 8.49. The number of aromatic nitrogens is 4. The first-order valence-electron chi connectivity index (χ1n) is 8.49. The van der Waals surface area contributed by atoms with Gasteiger partial charge in [-0.2, -0.15) is 10.2 Å². The molecule has 0 bridgehead atoms. The number of nitrogens with zero attached hydrogens (tertiary/aromatic N) is 5. The fraction of sp³-hybridized carbons (Fsp3) is 0.278. The maximum atomic E-state index is 10.6. The van der Waals surface area contributed by atoms with Crippen molar-refractivity contribution in [2.75, 3.05) is 18.1 Å². The molecule has 2 N–H and O–H groups in total. The third kappa shape index (κ3) is 3.18. The van der Waals surface area contributed by atoms with Crippen molar-refractivity contribution in [2.24, 2.45) is 0 Å². The molecule has 1 aliphatic heterocycles. The summed E-state index contributed by atoms with van der Waals surface area (Å²) in [6.45, 7) is 1.84. The Balaban J connectivity index is 1.72. The van der Waals surface area contributed by atoms with E-state index in [-0.39, 0.29) is 5.75 Å². The van der Waals surface area contributed by atoms with E-state index in [1.54, 1.807) is 23.1 Å². The van der Waals surface area contributed by atoms with Gasteiger partial charge in [-0.1, -0.05) is 6.42 Å². The third-order valence-corrected chi connectivity index (χ3v) is 4.36. The fourth-order valence-corrected chi connectivity index (χ4v) is 3.09. The maximum absolute atomic E-state index is 10.6. The largest absolute Gasteiger partial charge is 0.507 e. The van der Waals surface area contributed by atoms with E-state index < -0.39 is 0 Å². The minimum absolute atomic E-state index is 0.157. The molecule has 0 atom stereocenters. The molecule has 0 unspecified atom stereocenters. The number of phenolic OH excluding ortho intramolecular Hbond substituents is 1. The highest BCUT2D eigenvalue weighted by Crippen LogP contribution is 2.35. The summed E-state index contributed by atoms with van der Waals surface area (Å²) in [5.74, 6) is 0.157. The van der Waals surface area contributed by atoms with Crippen molar-refractivity contribution in [1.29, 1.82) is 0 Å². The van der Waals surface area contributed by atoms with Crippen molar-refractivity contribution in [3.63, 3.8) is 0 Å². The molecule has 4 rings (SSSR count). The summed E-state index contributed by atoms with van der Waals surface area (Å²) in [5.41, 5.74) is 6.48. The second-order valence-corrected chi connectivity index (χ2v) is 6.04. The normalized spacial score (nSPS) is 15.1. The van der Waals surface area contributed by atoms with Crippen LogP contribution in [0.4, 0.5) is 5.69 Å². The van der Waals surface area contributed by atoms with Gasteiger partial charge in [-0.3, -0.25) is 0 Å². The number of phenols is 1. The first kappa shape index (κ1) is 15.6. The zero-order valence-electron chi connectivity index (χ0n) is 13.8. The van der Waals surface area contributed by atoms with Gasteiger partial charge in [0.1, 0.15) is 11.4 Å². The SMILES string of the molecule is Oc1cc(-n2cccn2)ccc1-c1nnccc1N1CCCCCN1. The zero-order chi connectivity index (χ0) is 17.1. The molecule has 3 heterocycles. The molecule has 1 aliphatic rings. The Morgan fingerprint density at radius 1 is 1.08 bits per heavy atom. The Hall–Kier alpha value is -2.93. The van der Waals surface area contributed by atoms with E-state index in [0.29, 0.717) is 11.3 Å². The van der Waals surface area contributed by atoms with Gasteiger partial charge in [0.05, 0.1) is 17.6 Å². The number of hydrogen-bond acceptors (Lipinski definition) is 6. The van der Waals surface area contributed by atoms with Crippen molar-refractivity contribution < 1.29 is 5.11 Å². The van der Waals surface area contributed by atoms with Crippen molar-refractivity contribution in [1.82, 2.24) is 25.4 Å². The molecule has 1 fully saturated rings. The summed E-state index contributed by atoms with van der Waals surface area (Å²) in [6.07, 6.45) is 8.72. The molecule has 0 radical (unpaired) electrons. The summed E-state index contributed by atoms with van der Waals surface area (Å²) >= 11 is 0. The fourth-order valence-electron chi connectivity index (χ4n) is 3.09. The Morgan fingerprint density at radius 2 is 2.04 bits per heavy atom. The summed E-state index contributed by atoms with van der Waals surface area (Å²) in [7, 11) is 0. The highest BCUT2D eigenvalue weighted by atomic mass is 16.3. The molecule has 0 amide bonds. The lowest BCUT2D eigenvalue weighted by Gasteiger charge is -2.25. The average Bonchev–Trinajstić information content (AvgIpc) is 3.05. The lowest BCUT2D eigenvalue weighted by Crippen LogP contribution is -2.38. The number of hydrazine groups is 1. The smallest absolute Gasteiger partial charge is 0.127 e. The van der Waals surface area contributed by atoms with Crippen LogP contribution < -0.4 is 10.4 Å². The van der Waals surface area contributed by atoms with Gasteiger partial charge >= 0.3 is 0 Å². The van der Waals surface area contributed by atoms with Crippen LogP contribution in [-0.2, 0) is 0 Å². The molecule has 1 aromatic carbocycles. The molecule has 0 saturated carbocycles. The van der Waals surface area contributed by atoms with Crippen molar-refractivity contribution in [3.05, 3.63) is 48.9 Å². The van der Waals surface area contributed by atoms with Gasteiger partial charge < -0.3 is 10.1 Å². The van der Waals surface area contributed by atoms with Gasteiger partial charge in [0.15, 0.2) is 0 Å². The van der Waals surface area contributed by atoms with E-state index in [2.05, 4.69) is 25.7 Å². The standard InChI is InChI=1S/C18H20N6O/c25-17-13-14(23-12-4-9-20-23)5-6-15(17)18-16(7-10-19-22-18)24-11-3-1-2-8-21-24/h4-7,9-10,12-13,21,25H,1-3,8,11H2. The Labute approximate surface area is 145 Å². The van der Waals surface area contributed by atoms with Crippen LogP contribution in [0.25, 0.3) is 16.9 Å². The minimum Gasteiger partial charge on any atom is -0.507 e. The maximum Gasteiger partial charge on any atom is 0.127 e. The monoisotopic (exact) mass is 336 g/mol. The van der Waals surface area contributed by atoms with Crippen LogP contribution in [0.1, 0.15) is 19.3 Å². The predicted molar refractivity (Wildman–Crippen MR) is 95.5 cm³/mol. The van der Waals surface area contributed by atoms with Crippen molar-refractivity contribution in [3.8, 4) is 22.7 Å². The lowest BCUT2D eigenvalue weighted by atomic mass is 10.1. The van der Waals surface area contributed by atoms with Crippen LogP contribution in [0.15, 0.2) is 48.9 Å². The number of nitrogens with one attached hydrogen (secondary N) is 1. The Morgan fingerprint density at radius 3 is 2.88 bits per heavy atom. The summed E-state index contributed by atoms with van der Waals surface area (Å²) in [4.78, 5) is 0. The van der Waals surface area contributed by atoms with Gasteiger partial charge in [0, 0.05) is 37.1 Å². The van der Waals surface area contributed by atoms with Crippen LogP contribution in [-0.4, -0.2) is 38.2 Å². The van der Waals surface area contributed by atoms with E-state index in [9.17, 15) is 5.11 Å². The van der Waals surface area contributed by atoms with Gasteiger partial charge in [-0.05, 0) is 37.1 Å². The molecule has 3 aromatic rings. The molecule has 0 spiro atoms. The van der Waals surface area contributed by atoms with Crippen LogP contribution in [0, 0.1) is 0 Å². The van der Waals surface area contributed by atoms with Gasteiger partial charge in [0.2, 0.25) is 0 Å². The minimum atomic E-state index is 0.157. The van der Waals surface area contributed by atoms with Gasteiger partial charge in [0.25, 0.3) is 0 Å². The van der Waals surface area contributed by atoms with Gasteiger partial charge in [-0.25, -0.2) is 10.1 Å². The molecular weight excluding hydrogens is 316 g/mol. The highest BCUT2D eigenvalue weighted by molar-refractivity contribution is 5.79. The second kappa shape index (κ2) is 6.90. The van der Waals surface area contributed by atoms with E-state index in [4.69, 9.17) is 0 Å². The Kier molecular flexibility index (Phi) is 4.30. The van der Waals surface area contributed by atoms with E-state index >= 15 is 0 Å². The lowest BCUT2D eigenvalue weighted by molar-refractivity contribution is 0.476. The van der Waals surface area contributed by atoms with E-state index in [1.165, 1.54) is 6.42 Å². The van der Waals surface area contributed by atoms with Crippen molar-refractivity contribution in [2.45, 2.75) is 19.3 Å². The quantitative estimate of drug-likeness (QED) is 0.765. The van der Waals surface area contributed by atoms with Crippen LogP contribution in [0.2, 0.25) is 0 Å². The number of anilines is 1. The zero-order valence-corrected chi connectivity index (χ0v) is 13.8. The third-order valence-electron chi connectivity index (χ3n) is 4.36. The molecule has 1 saturated heterocycles. The topological polar surface area (TPSA) is 79.1 Å². The molecule has 7 nitrogen and oxygen atoms in total. The number of aromatic hydroxyl groups is 1. The number of rotatable bonds is 3. The second-order valence-electron chi connectivity index (χ2n) is 6.04. The van der Waals surface area contributed by atoms with Gasteiger partial charge in [-0.15, -0.1) is 5.10 Å². The van der Waals surface area contributed by atoms with Crippen LogP contribution >= 0.6 is 0 Å². The Bertz CT molecular complexity index is 841. The molecule has 128 valence electrons. The number of benzene rings is 1. The molecule has 25 heavy (non-hydrogen) atoms. The van der Waals surface area contributed by atoms with E-state index in [1.807, 2.05) is 30.5 Å². The highest BCUT2D eigenvalue weighted by Gasteiger charge is 2.18. The molecule has 7 heteroatoms.